The number of carbonyl (C=O) groups excluding carboxylic acids is 3. The van der Waals surface area contributed by atoms with Gasteiger partial charge in [0.1, 0.15) is 24.0 Å². The van der Waals surface area contributed by atoms with Crippen molar-refractivity contribution in [2.45, 2.75) is 19.1 Å². The number of benzene rings is 3. The number of amides is 3. The zero-order valence-electron chi connectivity index (χ0n) is 24.4. The number of anilines is 1. The number of carbonyl (C=O) groups is 3. The summed E-state index contributed by atoms with van der Waals surface area (Å²) >= 11 is 1.22. The van der Waals surface area contributed by atoms with Crippen LogP contribution in [0.3, 0.4) is 0 Å². The number of hydrogen-bond acceptors (Lipinski definition) is 5. The number of halogens is 2. The molecule has 4 aromatic rings. The van der Waals surface area contributed by atoms with E-state index < -0.39 is 16.9 Å². The highest BCUT2D eigenvalue weighted by Crippen LogP contribution is 2.49. The van der Waals surface area contributed by atoms with E-state index in [1.807, 2.05) is 61.5 Å². The quantitative estimate of drug-likeness (QED) is 0.316. The van der Waals surface area contributed by atoms with Crippen molar-refractivity contribution >= 4 is 35.3 Å². The molecule has 1 saturated heterocycles. The van der Waals surface area contributed by atoms with Crippen LogP contribution in [0, 0.1) is 18.6 Å². The number of aryl methyl sites for hydroxylation is 1. The van der Waals surface area contributed by atoms with Crippen molar-refractivity contribution < 1.29 is 23.2 Å². The molecule has 3 heterocycles. The van der Waals surface area contributed by atoms with Crippen molar-refractivity contribution in [2.75, 3.05) is 43.4 Å². The molecule has 0 unspecified atom stereocenters. The van der Waals surface area contributed by atoms with E-state index in [9.17, 15) is 18.8 Å². The lowest BCUT2D eigenvalue weighted by Gasteiger charge is -2.35. The molecule has 2 aliphatic heterocycles. The number of nitrogens with zero attached hydrogens (tertiary/aromatic N) is 5. The molecule has 44 heavy (non-hydrogen) atoms. The summed E-state index contributed by atoms with van der Waals surface area (Å²) in [5.41, 5.74) is 3.77. The molecule has 0 saturated carbocycles. The minimum atomic E-state index is -0.726. The Morgan fingerprint density at radius 3 is 2.27 bits per heavy atom. The third kappa shape index (κ3) is 5.71. The molecule has 3 amide bonds. The van der Waals surface area contributed by atoms with Crippen molar-refractivity contribution in [2.24, 2.45) is 0 Å². The highest BCUT2D eigenvalue weighted by Gasteiger charge is 2.39. The maximum atomic E-state index is 15.4. The van der Waals surface area contributed by atoms with Gasteiger partial charge in [0.15, 0.2) is 0 Å². The van der Waals surface area contributed by atoms with Crippen molar-refractivity contribution in [1.29, 1.82) is 0 Å². The molecule has 8 nitrogen and oxygen atoms in total. The topological polar surface area (TPSA) is 78.8 Å². The highest BCUT2D eigenvalue weighted by atomic mass is 32.2. The third-order valence-electron chi connectivity index (χ3n) is 8.03. The van der Waals surface area contributed by atoms with Gasteiger partial charge < -0.3 is 9.80 Å². The van der Waals surface area contributed by atoms with Crippen LogP contribution < -0.4 is 4.90 Å². The Morgan fingerprint density at radius 1 is 0.932 bits per heavy atom. The Balaban J connectivity index is 1.52. The van der Waals surface area contributed by atoms with E-state index in [1.165, 1.54) is 35.7 Å². The number of thioether (sulfide) groups is 1. The summed E-state index contributed by atoms with van der Waals surface area (Å²) in [7, 11) is 0. The number of aromatic nitrogens is 2. The van der Waals surface area contributed by atoms with E-state index >= 15 is 4.39 Å². The number of piperazine rings is 1. The van der Waals surface area contributed by atoms with Gasteiger partial charge in [-0.2, -0.15) is 5.10 Å². The summed E-state index contributed by atoms with van der Waals surface area (Å²) in [6.45, 7) is 4.77. The predicted octanol–water partition coefficient (Wildman–Crippen LogP) is 4.99. The van der Waals surface area contributed by atoms with E-state index in [0.717, 1.165) is 17.2 Å². The normalized spacial score (nSPS) is 17.0. The third-order valence-corrected chi connectivity index (χ3v) is 9.27. The van der Waals surface area contributed by atoms with Gasteiger partial charge in [-0.1, -0.05) is 54.1 Å². The molecule has 6 rings (SSSR count). The molecule has 1 fully saturated rings. The predicted molar refractivity (Wildman–Crippen MR) is 166 cm³/mol. The van der Waals surface area contributed by atoms with Crippen LogP contribution in [0.4, 0.5) is 14.6 Å². The Hall–Kier alpha value is -4.51. The molecule has 0 spiro atoms. The molecule has 226 valence electrons. The molecule has 0 aliphatic carbocycles. The first-order valence-corrected chi connectivity index (χ1v) is 15.4. The second kappa shape index (κ2) is 12.2. The maximum Gasteiger partial charge on any atom is 0.242 e. The standard InChI is InChI=1S/C33H31F2N5O3S/c1-21-8-11-25(12-9-21)40-33-30(31(36-40)23-6-4-3-5-7-23)32(26-13-10-24(34)18-27(26)35)44-20-29(43)39(33)19-28(42)38-16-14-37(15-17-38)22(2)41/h3-13,18,32H,14-17,19-20H2,1-2H3/t32-/m1/s1. The van der Waals surface area contributed by atoms with Crippen LogP contribution in [0.5, 0.6) is 0 Å². The van der Waals surface area contributed by atoms with E-state index in [2.05, 4.69) is 0 Å². The minimum Gasteiger partial charge on any atom is -0.339 e. The second-order valence-corrected chi connectivity index (χ2v) is 12.0. The first-order valence-electron chi connectivity index (χ1n) is 14.4. The van der Waals surface area contributed by atoms with Gasteiger partial charge in [0, 0.05) is 55.9 Å². The fraction of sp³-hybridized carbons (Fsp3) is 0.273. The summed E-state index contributed by atoms with van der Waals surface area (Å²) in [5, 5.41) is 4.29. The monoisotopic (exact) mass is 615 g/mol. The molecular formula is C33H31F2N5O3S. The molecule has 0 N–H and O–H groups in total. The van der Waals surface area contributed by atoms with Crippen molar-refractivity contribution in [3.05, 3.63) is 101 Å². The van der Waals surface area contributed by atoms with Crippen LogP contribution in [0.25, 0.3) is 16.9 Å². The average molecular weight is 616 g/mol. The van der Waals surface area contributed by atoms with Gasteiger partial charge >= 0.3 is 0 Å². The maximum absolute atomic E-state index is 15.4. The molecule has 2 aliphatic rings. The minimum absolute atomic E-state index is 0.0380. The van der Waals surface area contributed by atoms with E-state index in [0.29, 0.717) is 48.9 Å². The fourth-order valence-corrected chi connectivity index (χ4v) is 6.88. The van der Waals surface area contributed by atoms with Crippen LogP contribution in [0.2, 0.25) is 0 Å². The SMILES string of the molecule is CC(=O)N1CCN(C(=O)CN2C(=O)CS[C@H](c3ccc(F)cc3F)c3c(-c4ccccc4)nn(-c4ccc(C)cc4)c32)CC1. The molecule has 3 aromatic carbocycles. The van der Waals surface area contributed by atoms with Gasteiger partial charge in [-0.25, -0.2) is 13.5 Å². The first-order chi connectivity index (χ1) is 21.2. The van der Waals surface area contributed by atoms with E-state index in [-0.39, 0.29) is 35.6 Å². The van der Waals surface area contributed by atoms with Crippen LogP contribution in [-0.4, -0.2) is 75.8 Å². The number of fused-ring (bicyclic) bond motifs is 1. The summed E-state index contributed by atoms with van der Waals surface area (Å²) < 4.78 is 31.1. The zero-order valence-corrected chi connectivity index (χ0v) is 25.2. The van der Waals surface area contributed by atoms with Gasteiger partial charge in [0.2, 0.25) is 17.7 Å². The molecule has 11 heteroatoms. The summed E-state index contributed by atoms with van der Waals surface area (Å²) in [6, 6.07) is 20.5. The molecular weight excluding hydrogens is 584 g/mol. The molecule has 1 aromatic heterocycles. The van der Waals surface area contributed by atoms with Gasteiger partial charge in [0.05, 0.1) is 22.4 Å². The van der Waals surface area contributed by atoms with E-state index in [4.69, 9.17) is 5.10 Å². The number of rotatable bonds is 5. The highest BCUT2D eigenvalue weighted by molar-refractivity contribution is 8.00. The molecule has 0 bridgehead atoms. The summed E-state index contributed by atoms with van der Waals surface area (Å²) in [5.74, 6) is -1.73. The summed E-state index contributed by atoms with van der Waals surface area (Å²) in [6.07, 6.45) is 0. The van der Waals surface area contributed by atoms with Crippen LogP contribution in [0.1, 0.15) is 28.9 Å². The fourth-order valence-electron chi connectivity index (χ4n) is 5.66. The molecule has 0 radical (unpaired) electrons. The largest absolute Gasteiger partial charge is 0.339 e. The van der Waals surface area contributed by atoms with Crippen LogP contribution >= 0.6 is 11.8 Å². The van der Waals surface area contributed by atoms with Gasteiger partial charge in [-0.3, -0.25) is 19.3 Å². The first kappa shape index (κ1) is 29.6. The van der Waals surface area contributed by atoms with Crippen molar-refractivity contribution in [3.8, 4) is 16.9 Å². The second-order valence-electron chi connectivity index (χ2n) is 10.9. The van der Waals surface area contributed by atoms with E-state index in [1.54, 1.807) is 14.5 Å². The van der Waals surface area contributed by atoms with Crippen LogP contribution in [-0.2, 0) is 14.4 Å². The molecule has 1 atom stereocenters. The Bertz CT molecular complexity index is 1720. The smallest absolute Gasteiger partial charge is 0.242 e. The van der Waals surface area contributed by atoms with Crippen molar-refractivity contribution in [3.63, 3.8) is 0 Å². The van der Waals surface area contributed by atoms with Gasteiger partial charge in [-0.15, -0.1) is 11.8 Å². The average Bonchev–Trinajstić information content (AvgIpc) is 3.35. The number of hydrogen-bond donors (Lipinski definition) is 0. The van der Waals surface area contributed by atoms with Crippen LogP contribution in [0.15, 0.2) is 72.8 Å². The van der Waals surface area contributed by atoms with Crippen molar-refractivity contribution in [1.82, 2.24) is 19.6 Å². The Labute approximate surface area is 258 Å². The lowest BCUT2D eigenvalue weighted by molar-refractivity contribution is -0.137. The summed E-state index contributed by atoms with van der Waals surface area (Å²) in [4.78, 5) is 44.3. The lowest BCUT2D eigenvalue weighted by Crippen LogP contribution is -2.53. The van der Waals surface area contributed by atoms with Gasteiger partial charge in [0.25, 0.3) is 0 Å². The van der Waals surface area contributed by atoms with Gasteiger partial charge in [-0.05, 0) is 25.1 Å². The zero-order chi connectivity index (χ0) is 31.0. The Kier molecular flexibility index (Phi) is 8.22. The Morgan fingerprint density at radius 2 is 1.61 bits per heavy atom. The lowest BCUT2D eigenvalue weighted by atomic mass is 9.99.